The van der Waals surface area contributed by atoms with Gasteiger partial charge >= 0.3 is 17.9 Å². The molecule has 0 aromatic carbocycles. The molecule has 0 saturated heterocycles. The normalized spacial score (nSPS) is 12.5. The Morgan fingerprint density at radius 3 is 1.00 bits per heavy atom. The van der Waals surface area contributed by atoms with Gasteiger partial charge in [0.25, 0.3) is 0 Å². The molecule has 0 saturated carbocycles. The van der Waals surface area contributed by atoms with Gasteiger partial charge in [0.15, 0.2) is 6.10 Å². The van der Waals surface area contributed by atoms with Gasteiger partial charge in [0, 0.05) is 19.3 Å². The molecule has 0 spiro atoms. The van der Waals surface area contributed by atoms with Crippen molar-refractivity contribution in [3.8, 4) is 0 Å². The van der Waals surface area contributed by atoms with Gasteiger partial charge in [0.2, 0.25) is 0 Å². The molecule has 1 unspecified atom stereocenters. The van der Waals surface area contributed by atoms with Gasteiger partial charge in [-0.2, -0.15) is 0 Å². The van der Waals surface area contributed by atoms with Crippen molar-refractivity contribution in [3.63, 3.8) is 0 Å². The second-order valence-corrected chi connectivity index (χ2v) is 18.5. The van der Waals surface area contributed by atoms with Crippen molar-refractivity contribution in [3.05, 3.63) is 60.8 Å². The van der Waals surface area contributed by atoms with Crippen LogP contribution < -0.4 is 0 Å². The lowest BCUT2D eigenvalue weighted by Crippen LogP contribution is -2.30. The fourth-order valence-electron chi connectivity index (χ4n) is 7.79. The Labute approximate surface area is 402 Å². The molecule has 65 heavy (non-hydrogen) atoms. The first kappa shape index (κ1) is 62.1. The van der Waals surface area contributed by atoms with Gasteiger partial charge in [0.1, 0.15) is 13.2 Å². The molecule has 0 bridgehead atoms. The number of hydrogen-bond acceptors (Lipinski definition) is 6. The molecule has 0 radical (unpaired) electrons. The van der Waals surface area contributed by atoms with E-state index in [1.807, 2.05) is 0 Å². The van der Waals surface area contributed by atoms with Crippen LogP contribution in [0.3, 0.4) is 0 Å². The second kappa shape index (κ2) is 53.7. The number of hydrogen-bond donors (Lipinski definition) is 0. The Hall–Kier alpha value is -2.89. The zero-order valence-corrected chi connectivity index (χ0v) is 43.0. The molecule has 0 fully saturated rings. The third-order valence-electron chi connectivity index (χ3n) is 12.0. The van der Waals surface area contributed by atoms with Crippen LogP contribution in [0.2, 0.25) is 0 Å². The molecular weight excluding hydrogens is 805 g/mol. The highest BCUT2D eigenvalue weighted by atomic mass is 16.6. The molecule has 1 atom stereocenters. The lowest BCUT2D eigenvalue weighted by Gasteiger charge is -2.18. The zero-order valence-electron chi connectivity index (χ0n) is 43.0. The van der Waals surface area contributed by atoms with Crippen LogP contribution in [0.4, 0.5) is 0 Å². The van der Waals surface area contributed by atoms with Gasteiger partial charge in [-0.25, -0.2) is 0 Å². The highest BCUT2D eigenvalue weighted by Gasteiger charge is 2.19. The first-order chi connectivity index (χ1) is 32.0. The second-order valence-electron chi connectivity index (χ2n) is 18.5. The molecule has 0 amide bonds. The van der Waals surface area contributed by atoms with Crippen molar-refractivity contribution in [1.29, 1.82) is 0 Å². The molecule has 0 aliphatic rings. The lowest BCUT2D eigenvalue weighted by atomic mass is 10.1. The number of allylic oxidation sites excluding steroid dienone is 10. The minimum atomic E-state index is -0.786. The van der Waals surface area contributed by atoms with Crippen LogP contribution in [0.15, 0.2) is 60.8 Å². The number of carbonyl (C=O) groups is 3. The molecule has 0 rings (SSSR count). The lowest BCUT2D eigenvalue weighted by molar-refractivity contribution is -0.167. The van der Waals surface area contributed by atoms with Crippen LogP contribution in [0.25, 0.3) is 0 Å². The summed E-state index contributed by atoms with van der Waals surface area (Å²) in [5, 5.41) is 0. The highest BCUT2D eigenvalue weighted by molar-refractivity contribution is 5.71. The topological polar surface area (TPSA) is 78.9 Å². The van der Waals surface area contributed by atoms with Crippen molar-refractivity contribution in [2.24, 2.45) is 0 Å². The van der Waals surface area contributed by atoms with Crippen molar-refractivity contribution >= 4 is 17.9 Å². The van der Waals surface area contributed by atoms with Crippen molar-refractivity contribution < 1.29 is 28.6 Å². The molecule has 0 aliphatic heterocycles. The largest absolute Gasteiger partial charge is 0.462 e. The Kier molecular flexibility index (Phi) is 51.3. The minimum absolute atomic E-state index is 0.0843. The van der Waals surface area contributed by atoms with Crippen molar-refractivity contribution in [2.75, 3.05) is 13.2 Å². The summed E-state index contributed by atoms with van der Waals surface area (Å²) in [5.41, 5.74) is 0. The standard InChI is InChI=1S/C59H104O6/c1-4-7-10-13-16-19-22-24-26-27-28-29-30-31-33-34-37-40-43-46-49-52-58(61)64-55-56(54-63-57(60)51-48-45-42-39-36-21-18-15-12-9-6-3)65-59(62)53-50-47-44-41-38-35-32-25-23-20-17-14-11-8-5-2/h8,11,15,17-18,20,25,27-28,32,56H,4-7,9-10,12-14,16,19,21-24,26,29-31,33-55H2,1-3H3/b11-8-,18-15-,20-17-,28-27-,32-25-. The number of carbonyl (C=O) groups excluding carboxylic acids is 3. The molecule has 0 aliphatic carbocycles. The van der Waals surface area contributed by atoms with E-state index in [0.29, 0.717) is 19.3 Å². The average Bonchev–Trinajstić information content (AvgIpc) is 3.30. The molecule has 6 heteroatoms. The Morgan fingerprint density at radius 2 is 0.615 bits per heavy atom. The number of esters is 3. The van der Waals surface area contributed by atoms with Crippen LogP contribution in [0, 0.1) is 0 Å². The van der Waals surface area contributed by atoms with E-state index in [4.69, 9.17) is 14.2 Å². The van der Waals surface area contributed by atoms with Gasteiger partial charge < -0.3 is 14.2 Å². The van der Waals surface area contributed by atoms with Crippen molar-refractivity contribution in [2.45, 2.75) is 284 Å². The van der Waals surface area contributed by atoms with Crippen LogP contribution in [-0.4, -0.2) is 37.2 Å². The van der Waals surface area contributed by atoms with E-state index >= 15 is 0 Å². The van der Waals surface area contributed by atoms with E-state index in [1.54, 1.807) is 0 Å². The summed E-state index contributed by atoms with van der Waals surface area (Å²) in [7, 11) is 0. The smallest absolute Gasteiger partial charge is 0.306 e. The third-order valence-corrected chi connectivity index (χ3v) is 12.0. The zero-order chi connectivity index (χ0) is 47.2. The van der Waals surface area contributed by atoms with E-state index in [0.717, 1.165) is 103 Å². The molecule has 0 aromatic heterocycles. The maximum Gasteiger partial charge on any atom is 0.306 e. The summed E-state index contributed by atoms with van der Waals surface area (Å²) >= 11 is 0. The Bertz CT molecular complexity index is 1180. The van der Waals surface area contributed by atoms with Crippen LogP contribution in [0.5, 0.6) is 0 Å². The minimum Gasteiger partial charge on any atom is -0.462 e. The van der Waals surface area contributed by atoms with E-state index < -0.39 is 6.10 Å². The van der Waals surface area contributed by atoms with E-state index in [2.05, 4.69) is 81.5 Å². The van der Waals surface area contributed by atoms with Crippen LogP contribution >= 0.6 is 0 Å². The predicted octanol–water partition coefficient (Wildman–Crippen LogP) is 18.4. The summed E-state index contributed by atoms with van der Waals surface area (Å²) in [4.78, 5) is 38.0. The Morgan fingerprint density at radius 1 is 0.323 bits per heavy atom. The fraction of sp³-hybridized carbons (Fsp3) is 0.780. The Balaban J connectivity index is 4.32. The van der Waals surface area contributed by atoms with Gasteiger partial charge in [0.05, 0.1) is 0 Å². The fourth-order valence-corrected chi connectivity index (χ4v) is 7.79. The molecule has 0 heterocycles. The van der Waals surface area contributed by atoms with Crippen LogP contribution in [0.1, 0.15) is 278 Å². The van der Waals surface area contributed by atoms with E-state index in [1.165, 1.54) is 135 Å². The molecule has 376 valence electrons. The summed E-state index contributed by atoms with van der Waals surface area (Å²) < 4.78 is 16.8. The summed E-state index contributed by atoms with van der Waals surface area (Å²) in [6.07, 6.45) is 66.4. The highest BCUT2D eigenvalue weighted by Crippen LogP contribution is 2.15. The summed E-state index contributed by atoms with van der Waals surface area (Å²) in [6.45, 7) is 6.48. The quantitative estimate of drug-likeness (QED) is 0.0262. The molecule has 6 nitrogen and oxygen atoms in total. The van der Waals surface area contributed by atoms with E-state index in [9.17, 15) is 14.4 Å². The maximum absolute atomic E-state index is 12.8. The summed E-state index contributed by atoms with van der Waals surface area (Å²) in [5.74, 6) is -0.907. The molecular formula is C59H104O6. The number of unbranched alkanes of at least 4 members (excludes halogenated alkanes) is 29. The molecule has 0 N–H and O–H groups in total. The summed E-state index contributed by atoms with van der Waals surface area (Å²) in [6, 6.07) is 0. The van der Waals surface area contributed by atoms with Crippen molar-refractivity contribution in [1.82, 2.24) is 0 Å². The van der Waals surface area contributed by atoms with Gasteiger partial charge in [-0.05, 0) is 96.3 Å². The number of rotatable bonds is 50. The predicted molar refractivity (Wildman–Crippen MR) is 279 cm³/mol. The first-order valence-electron chi connectivity index (χ1n) is 27.8. The molecule has 0 aromatic rings. The van der Waals surface area contributed by atoms with E-state index in [-0.39, 0.29) is 31.1 Å². The van der Waals surface area contributed by atoms with Crippen LogP contribution in [-0.2, 0) is 28.6 Å². The SMILES string of the molecule is CC/C=C\C/C=C\C/C=C\CCCCCCCC(=O)OC(COC(=O)CCCCCCC/C=C\CCCC)COC(=O)CCCCCCCCCCC/C=C\CCCCCCCCCC. The third kappa shape index (κ3) is 51.9. The van der Waals surface area contributed by atoms with Gasteiger partial charge in [-0.1, -0.05) is 223 Å². The monoisotopic (exact) mass is 909 g/mol. The van der Waals surface area contributed by atoms with Gasteiger partial charge in [-0.3, -0.25) is 14.4 Å². The first-order valence-corrected chi connectivity index (χ1v) is 27.8. The maximum atomic E-state index is 12.8. The van der Waals surface area contributed by atoms with Gasteiger partial charge in [-0.15, -0.1) is 0 Å². The number of ether oxygens (including phenoxy) is 3. The average molecular weight is 909 g/mol.